The Hall–Kier alpha value is -2.33. The Kier molecular flexibility index (Phi) is 9.57. The van der Waals surface area contributed by atoms with E-state index in [1.165, 1.54) is 24.9 Å². The van der Waals surface area contributed by atoms with E-state index in [0.29, 0.717) is 53.9 Å². The zero-order valence-corrected chi connectivity index (χ0v) is 19.3. The highest BCUT2D eigenvalue weighted by Crippen LogP contribution is 2.30. The molecule has 1 unspecified atom stereocenters. The molecule has 31 heavy (non-hydrogen) atoms. The number of hydrogen-bond acceptors (Lipinski definition) is 9. The lowest BCUT2D eigenvalue weighted by Crippen LogP contribution is -2.45. The molecule has 0 bridgehead atoms. The van der Waals surface area contributed by atoms with E-state index < -0.39 is 17.2 Å². The fourth-order valence-electron chi connectivity index (χ4n) is 2.91. The van der Waals surface area contributed by atoms with Gasteiger partial charge in [-0.25, -0.2) is 4.79 Å². The summed E-state index contributed by atoms with van der Waals surface area (Å²) in [6.07, 6.45) is 2.76. The molecule has 0 aliphatic carbocycles. The van der Waals surface area contributed by atoms with Gasteiger partial charge in [0.15, 0.2) is 0 Å². The summed E-state index contributed by atoms with van der Waals surface area (Å²) in [7, 11) is 1.47. The Labute approximate surface area is 186 Å². The zero-order chi connectivity index (χ0) is 22.9. The number of nitrogens with zero attached hydrogens (tertiary/aromatic N) is 2. The van der Waals surface area contributed by atoms with Crippen LogP contribution in [-0.2, 0) is 9.63 Å². The number of carbonyl (C=O) groups excluding carboxylic acids is 1. The Morgan fingerprint density at radius 2 is 2.23 bits per heavy atom. The lowest BCUT2D eigenvalue weighted by Gasteiger charge is -2.24. The monoisotopic (exact) mass is 453 g/mol. The quantitative estimate of drug-likeness (QED) is 0.283. The van der Waals surface area contributed by atoms with E-state index in [-0.39, 0.29) is 12.5 Å². The third-order valence-electron chi connectivity index (χ3n) is 4.71. The van der Waals surface area contributed by atoms with Gasteiger partial charge in [0.2, 0.25) is 5.91 Å². The molecule has 1 aromatic rings. The van der Waals surface area contributed by atoms with Crippen LogP contribution in [0.1, 0.15) is 58.3 Å². The molecule has 2 N–H and O–H groups in total. The molecule has 0 spiro atoms. The molecule has 0 saturated heterocycles. The molecule has 0 radical (unpaired) electrons. The van der Waals surface area contributed by atoms with Gasteiger partial charge >= 0.3 is 5.63 Å². The lowest BCUT2D eigenvalue weighted by molar-refractivity contribution is -0.125. The lowest BCUT2D eigenvalue weighted by atomic mass is 10.0. The van der Waals surface area contributed by atoms with Gasteiger partial charge in [0.25, 0.3) is 0 Å². The summed E-state index contributed by atoms with van der Waals surface area (Å²) in [6.45, 7) is 6.08. The van der Waals surface area contributed by atoms with Gasteiger partial charge in [-0.15, -0.1) is 11.8 Å². The Morgan fingerprint density at radius 1 is 1.45 bits per heavy atom. The summed E-state index contributed by atoms with van der Waals surface area (Å²) in [5, 5.41) is 16.5. The number of aliphatic hydroxyl groups is 1. The zero-order valence-electron chi connectivity index (χ0n) is 18.5. The number of aliphatic hydroxyl groups excluding tert-OH is 1. The number of unbranched alkanes of at least 4 members (excludes halogenated alkanes) is 1. The van der Waals surface area contributed by atoms with E-state index in [0.717, 1.165) is 6.42 Å². The summed E-state index contributed by atoms with van der Waals surface area (Å²) >= 11 is 1.44. The molecule has 0 saturated carbocycles. The molecular weight excluding hydrogens is 422 g/mol. The summed E-state index contributed by atoms with van der Waals surface area (Å²) in [5.41, 5.74) is -0.897. The molecule has 0 aromatic carbocycles. The highest BCUT2D eigenvalue weighted by atomic mass is 32.2. The molecule has 0 fully saturated rings. The second-order valence-electron chi connectivity index (χ2n) is 7.45. The fourth-order valence-corrected chi connectivity index (χ4v) is 4.04. The summed E-state index contributed by atoms with van der Waals surface area (Å²) in [6, 6.07) is 2.41. The van der Waals surface area contributed by atoms with Crippen LogP contribution in [0, 0.1) is 0 Å². The number of thioether (sulfide) groups is 1. The minimum absolute atomic E-state index is 0.125. The molecular formula is C21H31N3O6S. The molecule has 172 valence electrons. The first-order chi connectivity index (χ1) is 14.8. The predicted octanol–water partition coefficient (Wildman–Crippen LogP) is 2.67. The van der Waals surface area contributed by atoms with Gasteiger partial charge in [0, 0.05) is 18.4 Å². The van der Waals surface area contributed by atoms with Crippen LogP contribution < -0.4 is 15.7 Å². The Bertz CT molecular complexity index is 869. The van der Waals surface area contributed by atoms with Crippen molar-refractivity contribution in [3.63, 3.8) is 0 Å². The number of ether oxygens (including phenoxy) is 1. The van der Waals surface area contributed by atoms with Crippen molar-refractivity contribution in [2.24, 2.45) is 10.1 Å². The maximum Gasteiger partial charge on any atom is 0.339 e. The number of hydrogen-bond donors (Lipinski definition) is 2. The first-order valence-corrected chi connectivity index (χ1v) is 11.3. The number of oxime groups is 1. The van der Waals surface area contributed by atoms with E-state index in [2.05, 4.69) is 15.5 Å². The predicted molar refractivity (Wildman–Crippen MR) is 121 cm³/mol. The van der Waals surface area contributed by atoms with Gasteiger partial charge in [-0.2, -0.15) is 0 Å². The van der Waals surface area contributed by atoms with Crippen LogP contribution in [0.2, 0.25) is 0 Å². The van der Waals surface area contributed by atoms with Crippen LogP contribution in [-0.4, -0.2) is 53.4 Å². The Morgan fingerprint density at radius 3 is 2.90 bits per heavy atom. The molecule has 1 amide bonds. The number of amides is 1. The van der Waals surface area contributed by atoms with Gasteiger partial charge < -0.3 is 24.4 Å². The number of nitrogens with one attached hydrogen (secondary N) is 1. The summed E-state index contributed by atoms with van der Waals surface area (Å²) in [4.78, 5) is 34.8. The van der Waals surface area contributed by atoms with Crippen molar-refractivity contribution >= 4 is 28.4 Å². The van der Waals surface area contributed by atoms with Crippen molar-refractivity contribution in [1.82, 2.24) is 5.32 Å². The van der Waals surface area contributed by atoms with Crippen LogP contribution >= 0.6 is 11.8 Å². The van der Waals surface area contributed by atoms with Crippen LogP contribution in [0.3, 0.4) is 0 Å². The van der Waals surface area contributed by atoms with E-state index in [1.54, 1.807) is 19.9 Å². The number of rotatable bonds is 12. The second-order valence-corrected chi connectivity index (χ2v) is 8.42. The van der Waals surface area contributed by atoms with Gasteiger partial charge in [0.1, 0.15) is 34.4 Å². The number of aliphatic imine (C=N–C) groups is 1. The first-order valence-electron chi connectivity index (χ1n) is 10.3. The third kappa shape index (κ3) is 7.10. The second kappa shape index (κ2) is 11.9. The maximum atomic E-state index is 13.1. The first kappa shape index (κ1) is 24.9. The minimum atomic E-state index is -0.973. The van der Waals surface area contributed by atoms with Crippen LogP contribution in [0.5, 0.6) is 5.75 Å². The fraction of sp³-hybridized carbons (Fsp3) is 0.619. The normalized spacial score (nSPS) is 19.6. The van der Waals surface area contributed by atoms with Gasteiger partial charge in [0.05, 0.1) is 19.2 Å². The molecule has 1 aliphatic rings. The molecule has 9 nitrogen and oxygen atoms in total. The van der Waals surface area contributed by atoms with Gasteiger partial charge in [-0.1, -0.05) is 18.5 Å². The highest BCUT2D eigenvalue weighted by Gasteiger charge is 2.40. The van der Waals surface area contributed by atoms with Gasteiger partial charge in [-0.3, -0.25) is 9.79 Å². The average molecular weight is 454 g/mol. The standard InChI is InChI=1S/C21H31N3O6S/c1-5-8-16(17-11-15(28-4)12-18(26)30-17)22-20(27)21(3)13-31-19(23-21)14(2)24-29-10-7-6-9-25/h11-12,16,25H,5-10,13H2,1-4H3,(H,22,27)/b24-14+/t16-,21?/m1/s1. The molecule has 1 aliphatic heterocycles. The third-order valence-corrected chi connectivity index (χ3v) is 6.07. The van der Waals surface area contributed by atoms with Crippen LogP contribution in [0.25, 0.3) is 0 Å². The highest BCUT2D eigenvalue weighted by molar-refractivity contribution is 8.16. The maximum absolute atomic E-state index is 13.1. The van der Waals surface area contributed by atoms with E-state index in [1.807, 2.05) is 6.92 Å². The van der Waals surface area contributed by atoms with Crippen molar-refractivity contribution in [3.8, 4) is 5.75 Å². The number of carbonyl (C=O) groups is 1. The van der Waals surface area contributed by atoms with Crippen molar-refractivity contribution < 1.29 is 23.9 Å². The Balaban J connectivity index is 2.10. The van der Waals surface area contributed by atoms with Crippen molar-refractivity contribution in [2.75, 3.05) is 26.1 Å². The largest absolute Gasteiger partial charge is 0.496 e. The molecule has 2 rings (SSSR count). The molecule has 10 heteroatoms. The van der Waals surface area contributed by atoms with E-state index in [9.17, 15) is 9.59 Å². The van der Waals surface area contributed by atoms with Crippen molar-refractivity contribution in [1.29, 1.82) is 0 Å². The number of methoxy groups -OCH3 is 1. The topological polar surface area (TPSA) is 123 Å². The van der Waals surface area contributed by atoms with Crippen LogP contribution in [0.4, 0.5) is 0 Å². The summed E-state index contributed by atoms with van der Waals surface area (Å²) in [5.74, 6) is 0.949. The molecule has 1 aromatic heterocycles. The van der Waals surface area contributed by atoms with E-state index >= 15 is 0 Å². The van der Waals surface area contributed by atoms with Crippen LogP contribution in [0.15, 0.2) is 31.5 Å². The molecule has 2 atom stereocenters. The van der Waals surface area contributed by atoms with Crippen molar-refractivity contribution in [3.05, 3.63) is 28.3 Å². The van der Waals surface area contributed by atoms with Gasteiger partial charge in [-0.05, 0) is 33.1 Å². The summed E-state index contributed by atoms with van der Waals surface area (Å²) < 4.78 is 10.5. The van der Waals surface area contributed by atoms with E-state index in [4.69, 9.17) is 19.1 Å². The van der Waals surface area contributed by atoms with Crippen molar-refractivity contribution in [2.45, 2.75) is 58.0 Å². The smallest absolute Gasteiger partial charge is 0.339 e. The average Bonchev–Trinajstić information content (AvgIpc) is 3.16. The SMILES string of the molecule is CCC[C@@H](NC(=O)C1(C)CSC(/C(C)=N/OCCCCO)=N1)c1cc(OC)cc(=O)o1. The minimum Gasteiger partial charge on any atom is -0.496 e. The molecule has 2 heterocycles.